The third-order valence-corrected chi connectivity index (χ3v) is 2.79. The first-order valence-corrected chi connectivity index (χ1v) is 5.66. The summed E-state index contributed by atoms with van der Waals surface area (Å²) in [5.74, 6) is -0.340. The second-order valence-corrected chi connectivity index (χ2v) is 4.25. The van der Waals surface area contributed by atoms with Crippen molar-refractivity contribution in [2.45, 2.75) is 20.4 Å². The molecule has 96 valence electrons. The van der Waals surface area contributed by atoms with Gasteiger partial charge < -0.3 is 9.73 Å². The molecule has 0 aliphatic rings. The Kier molecular flexibility index (Phi) is 3.52. The van der Waals surface area contributed by atoms with Gasteiger partial charge in [0.15, 0.2) is 5.82 Å². The fourth-order valence-corrected chi connectivity index (χ4v) is 1.75. The highest BCUT2D eigenvalue weighted by Gasteiger charge is 2.11. The van der Waals surface area contributed by atoms with Crippen molar-refractivity contribution in [3.63, 3.8) is 0 Å². The summed E-state index contributed by atoms with van der Waals surface area (Å²) in [5.41, 5.74) is 0.809. The Labute approximate surface area is 108 Å². The van der Waals surface area contributed by atoms with E-state index in [9.17, 15) is 8.78 Å². The van der Waals surface area contributed by atoms with Gasteiger partial charge in [0.25, 0.3) is 0 Å². The molecule has 2 aromatic rings. The normalized spacial score (nSPS) is 10.7. The van der Waals surface area contributed by atoms with Crippen molar-refractivity contribution in [2.24, 2.45) is 0 Å². The smallest absolute Gasteiger partial charge is 0.213 e. The van der Waals surface area contributed by atoms with Crippen LogP contribution in [0.2, 0.25) is 5.02 Å². The Hall–Kier alpha value is -1.62. The molecule has 0 amide bonds. The molecule has 0 radical (unpaired) electrons. The van der Waals surface area contributed by atoms with Crippen LogP contribution < -0.4 is 5.32 Å². The van der Waals surface area contributed by atoms with Crippen LogP contribution in [0.1, 0.15) is 17.3 Å². The van der Waals surface area contributed by atoms with E-state index in [-0.39, 0.29) is 17.3 Å². The lowest BCUT2D eigenvalue weighted by atomic mass is 10.3. The van der Waals surface area contributed by atoms with Crippen LogP contribution in [0.25, 0.3) is 0 Å². The number of aryl methyl sites for hydroxylation is 2. The van der Waals surface area contributed by atoms with Crippen molar-refractivity contribution in [1.82, 2.24) is 4.98 Å². The number of anilines is 1. The molecule has 0 spiro atoms. The highest BCUT2D eigenvalue weighted by molar-refractivity contribution is 6.33. The van der Waals surface area contributed by atoms with Crippen LogP contribution in [-0.2, 0) is 6.54 Å². The van der Waals surface area contributed by atoms with E-state index in [1.807, 2.05) is 6.92 Å². The first-order chi connectivity index (χ1) is 8.47. The van der Waals surface area contributed by atoms with Crippen molar-refractivity contribution < 1.29 is 13.2 Å². The van der Waals surface area contributed by atoms with E-state index < -0.39 is 11.6 Å². The number of hydrogen-bond acceptors (Lipinski definition) is 3. The summed E-state index contributed by atoms with van der Waals surface area (Å²) in [4.78, 5) is 4.13. The van der Waals surface area contributed by atoms with E-state index in [1.54, 1.807) is 6.92 Å². The lowest BCUT2D eigenvalue weighted by Crippen LogP contribution is -2.03. The molecule has 1 aromatic heterocycles. The standard InChI is InChI=1S/C12H11ClF2N2O/c1-6-7(2)18-11(17-6)5-16-12-9(13)3-8(14)4-10(12)15/h3-4,16H,5H2,1-2H3. The molecule has 1 heterocycles. The average Bonchev–Trinajstić information content (AvgIpc) is 2.56. The molecule has 0 atom stereocenters. The minimum Gasteiger partial charge on any atom is -0.444 e. The molecule has 0 saturated carbocycles. The number of nitrogens with zero attached hydrogens (tertiary/aromatic N) is 1. The van der Waals surface area contributed by atoms with Crippen molar-refractivity contribution in [1.29, 1.82) is 0 Å². The maximum absolute atomic E-state index is 13.5. The van der Waals surface area contributed by atoms with E-state index >= 15 is 0 Å². The van der Waals surface area contributed by atoms with E-state index in [0.29, 0.717) is 11.7 Å². The van der Waals surface area contributed by atoms with Crippen molar-refractivity contribution in [3.8, 4) is 0 Å². The highest BCUT2D eigenvalue weighted by atomic mass is 35.5. The van der Waals surface area contributed by atoms with Crippen LogP contribution in [-0.4, -0.2) is 4.98 Å². The van der Waals surface area contributed by atoms with Crippen LogP contribution in [0.4, 0.5) is 14.5 Å². The average molecular weight is 273 g/mol. The highest BCUT2D eigenvalue weighted by Crippen LogP contribution is 2.26. The molecular weight excluding hydrogens is 262 g/mol. The summed E-state index contributed by atoms with van der Waals surface area (Å²) in [5, 5.41) is 2.71. The zero-order chi connectivity index (χ0) is 13.3. The maximum Gasteiger partial charge on any atom is 0.213 e. The van der Waals surface area contributed by atoms with Crippen molar-refractivity contribution in [2.75, 3.05) is 5.32 Å². The number of oxazole rings is 1. The van der Waals surface area contributed by atoms with Crippen LogP contribution in [0.5, 0.6) is 0 Å². The second kappa shape index (κ2) is 4.94. The van der Waals surface area contributed by atoms with Gasteiger partial charge in [0, 0.05) is 6.07 Å². The van der Waals surface area contributed by atoms with Crippen LogP contribution >= 0.6 is 11.6 Å². The lowest BCUT2D eigenvalue weighted by molar-refractivity contribution is 0.477. The van der Waals surface area contributed by atoms with E-state index in [0.717, 1.165) is 17.8 Å². The summed E-state index contributed by atoms with van der Waals surface area (Å²) in [6.07, 6.45) is 0. The molecule has 0 aliphatic heterocycles. The third kappa shape index (κ3) is 2.61. The van der Waals surface area contributed by atoms with Crippen LogP contribution in [0, 0.1) is 25.5 Å². The topological polar surface area (TPSA) is 38.1 Å². The molecule has 1 N–H and O–H groups in total. The van der Waals surface area contributed by atoms with Gasteiger partial charge >= 0.3 is 0 Å². The molecule has 18 heavy (non-hydrogen) atoms. The molecule has 2 rings (SSSR count). The first-order valence-electron chi connectivity index (χ1n) is 5.28. The number of hydrogen-bond donors (Lipinski definition) is 1. The minimum absolute atomic E-state index is 0.0208. The van der Waals surface area contributed by atoms with Gasteiger partial charge in [0.1, 0.15) is 11.6 Å². The van der Waals surface area contributed by atoms with Crippen molar-refractivity contribution >= 4 is 17.3 Å². The molecule has 1 aromatic carbocycles. The first kappa shape index (κ1) is 12.8. The third-order valence-electron chi connectivity index (χ3n) is 2.50. The van der Waals surface area contributed by atoms with Crippen LogP contribution in [0.15, 0.2) is 16.5 Å². The quantitative estimate of drug-likeness (QED) is 0.923. The zero-order valence-corrected chi connectivity index (χ0v) is 10.6. The maximum atomic E-state index is 13.5. The van der Waals surface area contributed by atoms with Gasteiger partial charge in [-0.15, -0.1) is 0 Å². The molecule has 0 aliphatic carbocycles. The molecular formula is C12H11ClF2N2O. The van der Waals surface area contributed by atoms with E-state index in [4.69, 9.17) is 16.0 Å². The Morgan fingerprint density at radius 1 is 1.33 bits per heavy atom. The summed E-state index contributed by atoms with van der Waals surface area (Å²) in [7, 11) is 0. The summed E-state index contributed by atoms with van der Waals surface area (Å²) in [6.45, 7) is 3.78. The summed E-state index contributed by atoms with van der Waals surface area (Å²) in [6, 6.07) is 1.80. The van der Waals surface area contributed by atoms with Gasteiger partial charge in [-0.1, -0.05) is 11.6 Å². The van der Waals surface area contributed by atoms with Gasteiger partial charge in [0.2, 0.25) is 5.89 Å². The SMILES string of the molecule is Cc1nc(CNc2c(F)cc(F)cc2Cl)oc1C. The Morgan fingerprint density at radius 2 is 2.06 bits per heavy atom. The molecule has 0 saturated heterocycles. The monoisotopic (exact) mass is 272 g/mol. The molecule has 0 fully saturated rings. The number of halogens is 3. The van der Waals surface area contributed by atoms with Gasteiger partial charge in [-0.25, -0.2) is 13.8 Å². The fraction of sp³-hybridized carbons (Fsp3) is 0.250. The summed E-state index contributed by atoms with van der Waals surface area (Å²) < 4.78 is 31.6. The number of benzene rings is 1. The number of nitrogens with one attached hydrogen (secondary N) is 1. The van der Waals surface area contributed by atoms with E-state index in [2.05, 4.69) is 10.3 Å². The van der Waals surface area contributed by atoms with Gasteiger partial charge in [-0.05, 0) is 19.9 Å². The van der Waals surface area contributed by atoms with Gasteiger partial charge in [-0.3, -0.25) is 0 Å². The predicted octanol–water partition coefficient (Wildman–Crippen LogP) is 3.84. The Balaban J connectivity index is 2.15. The lowest BCUT2D eigenvalue weighted by Gasteiger charge is -2.07. The minimum atomic E-state index is -0.750. The zero-order valence-electron chi connectivity index (χ0n) is 9.85. The molecule has 0 unspecified atom stereocenters. The second-order valence-electron chi connectivity index (χ2n) is 3.85. The number of aromatic nitrogens is 1. The predicted molar refractivity (Wildman–Crippen MR) is 64.7 cm³/mol. The van der Waals surface area contributed by atoms with Gasteiger partial charge in [-0.2, -0.15) is 0 Å². The van der Waals surface area contributed by atoms with Crippen LogP contribution in [0.3, 0.4) is 0 Å². The Bertz CT molecular complexity index is 541. The van der Waals surface area contributed by atoms with Crippen molar-refractivity contribution in [3.05, 3.63) is 46.1 Å². The fourth-order valence-electron chi connectivity index (χ4n) is 1.49. The summed E-state index contributed by atoms with van der Waals surface area (Å²) >= 11 is 5.74. The number of rotatable bonds is 3. The molecule has 6 heteroatoms. The largest absolute Gasteiger partial charge is 0.444 e. The Morgan fingerprint density at radius 3 is 2.61 bits per heavy atom. The van der Waals surface area contributed by atoms with Gasteiger partial charge in [0.05, 0.1) is 22.9 Å². The molecule has 3 nitrogen and oxygen atoms in total. The van der Waals surface area contributed by atoms with E-state index in [1.165, 1.54) is 0 Å². The molecule has 0 bridgehead atoms.